The highest BCUT2D eigenvalue weighted by Gasteiger charge is 2.16. The van der Waals surface area contributed by atoms with Gasteiger partial charge in [0, 0.05) is 30.2 Å². The summed E-state index contributed by atoms with van der Waals surface area (Å²) < 4.78 is 23.1. The van der Waals surface area contributed by atoms with Crippen LogP contribution < -0.4 is 21.5 Å². The van der Waals surface area contributed by atoms with Crippen LogP contribution in [0.2, 0.25) is 0 Å². The number of nitrogens with two attached hydrogens (primary N) is 2. The SMILES string of the molecule is COCC(C)OC(=O)Cc1ccccc1OCc1cc(-c2cccc(CN)c2)c2oc(CNCCCN)cc2c1. The number of esters is 1. The minimum absolute atomic E-state index is 0.114. The molecule has 8 heteroatoms. The van der Waals surface area contributed by atoms with Crippen molar-refractivity contribution in [2.24, 2.45) is 11.5 Å². The smallest absolute Gasteiger partial charge is 0.310 e. The van der Waals surface area contributed by atoms with Gasteiger partial charge in [-0.3, -0.25) is 4.79 Å². The van der Waals surface area contributed by atoms with Crippen molar-refractivity contribution in [3.63, 3.8) is 0 Å². The van der Waals surface area contributed by atoms with E-state index in [-0.39, 0.29) is 18.5 Å². The minimum Gasteiger partial charge on any atom is -0.489 e. The van der Waals surface area contributed by atoms with E-state index in [1.807, 2.05) is 36.4 Å². The Hall–Kier alpha value is -3.69. The number of benzene rings is 3. The molecule has 5 N–H and O–H groups in total. The number of hydrogen-bond donors (Lipinski definition) is 3. The number of rotatable bonds is 15. The summed E-state index contributed by atoms with van der Waals surface area (Å²) in [5.74, 6) is 1.17. The van der Waals surface area contributed by atoms with Gasteiger partial charge in [0.25, 0.3) is 0 Å². The molecule has 0 spiro atoms. The van der Waals surface area contributed by atoms with E-state index in [1.165, 1.54) is 0 Å². The average Bonchev–Trinajstić information content (AvgIpc) is 3.37. The number of furan rings is 1. The first kappa shape index (κ1) is 29.3. The topological polar surface area (TPSA) is 122 Å². The first-order chi connectivity index (χ1) is 19.5. The van der Waals surface area contributed by atoms with Gasteiger partial charge in [-0.1, -0.05) is 36.4 Å². The maximum atomic E-state index is 12.5. The standard InChI is InChI=1S/C32H39N3O5/c1-22(20-37-2)39-31(36)17-26-8-3-4-10-30(26)38-21-24-14-27-16-28(19-35-12-6-11-33)40-32(27)29(15-24)25-9-5-7-23(13-25)18-34/h3-5,7-10,13-16,22,35H,6,11-12,17-21,33-34H2,1-2H3. The zero-order valence-corrected chi connectivity index (χ0v) is 23.3. The van der Waals surface area contributed by atoms with Crippen LogP contribution >= 0.6 is 0 Å². The van der Waals surface area contributed by atoms with Crippen molar-refractivity contribution < 1.29 is 23.4 Å². The lowest BCUT2D eigenvalue weighted by atomic mass is 9.99. The second kappa shape index (κ2) is 14.6. The van der Waals surface area contributed by atoms with E-state index in [9.17, 15) is 4.79 Å². The third-order valence-electron chi connectivity index (χ3n) is 6.49. The van der Waals surface area contributed by atoms with Crippen molar-refractivity contribution in [3.8, 4) is 16.9 Å². The first-order valence-electron chi connectivity index (χ1n) is 13.6. The monoisotopic (exact) mass is 545 g/mol. The normalized spacial score (nSPS) is 12.0. The molecule has 4 aromatic rings. The summed E-state index contributed by atoms with van der Waals surface area (Å²) in [7, 11) is 1.58. The predicted molar refractivity (Wildman–Crippen MR) is 157 cm³/mol. The molecule has 1 unspecified atom stereocenters. The summed E-state index contributed by atoms with van der Waals surface area (Å²) in [4.78, 5) is 12.5. The molecule has 212 valence electrons. The molecule has 0 fully saturated rings. The van der Waals surface area contributed by atoms with E-state index in [1.54, 1.807) is 14.0 Å². The van der Waals surface area contributed by atoms with Crippen LogP contribution in [0.3, 0.4) is 0 Å². The Kier molecular flexibility index (Phi) is 10.7. The Morgan fingerprint density at radius 2 is 1.88 bits per heavy atom. The van der Waals surface area contributed by atoms with E-state index < -0.39 is 0 Å². The second-order valence-corrected chi connectivity index (χ2v) is 9.83. The lowest BCUT2D eigenvalue weighted by Gasteiger charge is -2.15. The second-order valence-electron chi connectivity index (χ2n) is 9.83. The van der Waals surface area contributed by atoms with Crippen LogP contribution in [0.5, 0.6) is 5.75 Å². The molecule has 3 aromatic carbocycles. The molecule has 0 amide bonds. The quantitative estimate of drug-likeness (QED) is 0.145. The zero-order chi connectivity index (χ0) is 28.3. The molecule has 0 aliphatic rings. The van der Waals surface area contributed by atoms with Crippen LogP contribution in [0, 0.1) is 0 Å². The minimum atomic E-state index is -0.324. The maximum absolute atomic E-state index is 12.5. The van der Waals surface area contributed by atoms with Crippen LogP contribution in [0.15, 0.2) is 71.1 Å². The number of ether oxygens (including phenoxy) is 3. The van der Waals surface area contributed by atoms with Gasteiger partial charge in [0.15, 0.2) is 0 Å². The van der Waals surface area contributed by atoms with E-state index >= 15 is 0 Å². The van der Waals surface area contributed by atoms with Crippen LogP contribution in [-0.2, 0) is 40.4 Å². The molecule has 1 heterocycles. The summed E-state index contributed by atoms with van der Waals surface area (Å²) in [6.45, 7) is 5.03. The van der Waals surface area contributed by atoms with Gasteiger partial charge in [-0.15, -0.1) is 0 Å². The Bertz CT molecular complexity index is 1400. The molecule has 0 saturated heterocycles. The van der Waals surface area contributed by atoms with E-state index in [2.05, 4.69) is 35.6 Å². The molecule has 40 heavy (non-hydrogen) atoms. The third kappa shape index (κ3) is 7.92. The predicted octanol–water partition coefficient (Wildman–Crippen LogP) is 4.70. The lowest BCUT2D eigenvalue weighted by molar-refractivity contribution is -0.149. The largest absolute Gasteiger partial charge is 0.489 e. The number of para-hydroxylation sites is 1. The number of fused-ring (bicyclic) bond motifs is 1. The highest BCUT2D eigenvalue weighted by molar-refractivity contribution is 5.93. The first-order valence-corrected chi connectivity index (χ1v) is 13.6. The van der Waals surface area contributed by atoms with Gasteiger partial charge in [0.2, 0.25) is 0 Å². The fourth-order valence-electron chi connectivity index (χ4n) is 4.60. The molecular formula is C32H39N3O5. The molecule has 0 bridgehead atoms. The van der Waals surface area contributed by atoms with Crippen LogP contribution in [-0.4, -0.2) is 38.9 Å². The van der Waals surface area contributed by atoms with Crippen LogP contribution in [0.4, 0.5) is 0 Å². The van der Waals surface area contributed by atoms with E-state index in [0.29, 0.717) is 38.6 Å². The van der Waals surface area contributed by atoms with Crippen molar-refractivity contribution in [1.82, 2.24) is 5.32 Å². The summed E-state index contributed by atoms with van der Waals surface area (Å²) in [5, 5.41) is 4.38. The summed E-state index contributed by atoms with van der Waals surface area (Å²) in [6.07, 6.45) is 0.705. The number of hydrogen-bond acceptors (Lipinski definition) is 8. The number of nitrogens with one attached hydrogen (secondary N) is 1. The Morgan fingerprint density at radius 1 is 1.02 bits per heavy atom. The summed E-state index contributed by atoms with van der Waals surface area (Å²) in [6, 6.07) is 21.9. The Morgan fingerprint density at radius 3 is 2.67 bits per heavy atom. The fraction of sp³-hybridized carbons (Fsp3) is 0.344. The van der Waals surface area contributed by atoms with Crippen molar-refractivity contribution in [2.75, 3.05) is 26.8 Å². The van der Waals surface area contributed by atoms with Gasteiger partial charge in [-0.25, -0.2) is 0 Å². The number of carbonyl (C=O) groups excluding carboxylic acids is 1. The molecule has 0 saturated carbocycles. The molecule has 4 rings (SSSR count). The van der Waals surface area contributed by atoms with Gasteiger partial charge in [-0.2, -0.15) is 0 Å². The van der Waals surface area contributed by atoms with Gasteiger partial charge < -0.3 is 35.4 Å². The molecule has 0 radical (unpaired) electrons. The van der Waals surface area contributed by atoms with Crippen molar-refractivity contribution >= 4 is 16.9 Å². The molecular weight excluding hydrogens is 506 g/mol. The number of methoxy groups -OCH3 is 1. The van der Waals surface area contributed by atoms with Gasteiger partial charge in [-0.05, 0) is 73.5 Å². The van der Waals surface area contributed by atoms with Crippen LogP contribution in [0.1, 0.15) is 35.8 Å². The van der Waals surface area contributed by atoms with E-state index in [0.717, 1.165) is 57.5 Å². The van der Waals surface area contributed by atoms with Crippen molar-refractivity contribution in [2.45, 2.75) is 45.6 Å². The summed E-state index contributed by atoms with van der Waals surface area (Å²) in [5.41, 5.74) is 17.2. The highest BCUT2D eigenvalue weighted by atomic mass is 16.6. The highest BCUT2D eigenvalue weighted by Crippen LogP contribution is 2.34. The fourth-order valence-corrected chi connectivity index (χ4v) is 4.60. The average molecular weight is 546 g/mol. The molecule has 0 aliphatic carbocycles. The third-order valence-corrected chi connectivity index (χ3v) is 6.49. The number of carbonyl (C=O) groups is 1. The maximum Gasteiger partial charge on any atom is 0.310 e. The Labute approximate surface area is 235 Å². The van der Waals surface area contributed by atoms with Crippen molar-refractivity contribution in [1.29, 1.82) is 0 Å². The molecule has 1 atom stereocenters. The molecule has 1 aromatic heterocycles. The van der Waals surface area contributed by atoms with Gasteiger partial charge in [0.1, 0.15) is 29.8 Å². The lowest BCUT2D eigenvalue weighted by Crippen LogP contribution is -2.21. The van der Waals surface area contributed by atoms with Crippen molar-refractivity contribution in [3.05, 3.63) is 89.2 Å². The molecule has 0 aliphatic heterocycles. The zero-order valence-electron chi connectivity index (χ0n) is 23.3. The Balaban J connectivity index is 1.58. The van der Waals surface area contributed by atoms with Crippen LogP contribution in [0.25, 0.3) is 22.1 Å². The summed E-state index contributed by atoms with van der Waals surface area (Å²) >= 11 is 0. The van der Waals surface area contributed by atoms with E-state index in [4.69, 9.17) is 30.1 Å². The van der Waals surface area contributed by atoms with Gasteiger partial charge in [0.05, 0.1) is 19.6 Å². The molecule has 8 nitrogen and oxygen atoms in total. The van der Waals surface area contributed by atoms with Gasteiger partial charge >= 0.3 is 5.97 Å².